The number of rotatable bonds is 4. The predicted molar refractivity (Wildman–Crippen MR) is 70.4 cm³/mol. The molecule has 1 aromatic rings. The van der Waals surface area contributed by atoms with Gasteiger partial charge in [-0.1, -0.05) is 26.2 Å². The zero-order valence-corrected chi connectivity index (χ0v) is 10.8. The van der Waals surface area contributed by atoms with Gasteiger partial charge < -0.3 is 10.1 Å². The lowest BCUT2D eigenvalue weighted by Gasteiger charge is -2.29. The molecule has 3 nitrogen and oxygen atoms in total. The van der Waals surface area contributed by atoms with Crippen molar-refractivity contribution in [2.75, 3.05) is 12.4 Å². The monoisotopic (exact) mass is 234 g/mol. The first-order valence-corrected chi connectivity index (χ1v) is 6.59. The van der Waals surface area contributed by atoms with Crippen LogP contribution in [0, 0.1) is 5.92 Å². The lowest BCUT2D eigenvalue weighted by Crippen LogP contribution is -2.27. The smallest absolute Gasteiger partial charge is 0.168 e. The summed E-state index contributed by atoms with van der Waals surface area (Å²) in [5.41, 5.74) is 0. The quantitative estimate of drug-likeness (QED) is 0.866. The van der Waals surface area contributed by atoms with Crippen LogP contribution in [-0.2, 0) is 0 Å². The van der Waals surface area contributed by atoms with Crippen molar-refractivity contribution in [3.05, 3.63) is 18.3 Å². The van der Waals surface area contributed by atoms with E-state index in [0.29, 0.717) is 6.04 Å². The van der Waals surface area contributed by atoms with Crippen LogP contribution >= 0.6 is 0 Å². The lowest BCUT2D eigenvalue weighted by atomic mass is 9.84. The van der Waals surface area contributed by atoms with E-state index < -0.39 is 0 Å². The molecule has 0 aromatic carbocycles. The molecule has 2 atom stereocenters. The van der Waals surface area contributed by atoms with Crippen LogP contribution in [0.25, 0.3) is 0 Å². The number of hydrogen-bond acceptors (Lipinski definition) is 3. The average Bonchev–Trinajstić information content (AvgIpc) is 2.39. The van der Waals surface area contributed by atoms with Crippen molar-refractivity contribution >= 4 is 5.82 Å². The Morgan fingerprint density at radius 2 is 2.35 bits per heavy atom. The van der Waals surface area contributed by atoms with Crippen LogP contribution in [0.3, 0.4) is 0 Å². The van der Waals surface area contributed by atoms with Gasteiger partial charge in [-0.15, -0.1) is 0 Å². The molecule has 0 aliphatic heterocycles. The maximum atomic E-state index is 5.32. The van der Waals surface area contributed by atoms with E-state index in [1.807, 2.05) is 18.3 Å². The van der Waals surface area contributed by atoms with Crippen LogP contribution in [0.1, 0.15) is 39.0 Å². The number of hydrogen-bond donors (Lipinski definition) is 1. The van der Waals surface area contributed by atoms with Gasteiger partial charge in [-0.25, -0.2) is 4.98 Å². The molecule has 17 heavy (non-hydrogen) atoms. The second kappa shape index (κ2) is 5.89. The first kappa shape index (κ1) is 12.2. The Balaban J connectivity index is 2.00. The summed E-state index contributed by atoms with van der Waals surface area (Å²) >= 11 is 0. The number of aromatic nitrogens is 1. The summed E-state index contributed by atoms with van der Waals surface area (Å²) in [5, 5.41) is 3.53. The van der Waals surface area contributed by atoms with Gasteiger partial charge in [0.1, 0.15) is 0 Å². The molecule has 1 saturated carbocycles. The van der Waals surface area contributed by atoms with Crippen molar-refractivity contribution in [3.63, 3.8) is 0 Å². The second-order valence-electron chi connectivity index (χ2n) is 4.84. The fourth-order valence-corrected chi connectivity index (χ4v) is 2.65. The molecule has 1 heterocycles. The molecule has 1 aliphatic carbocycles. The molecule has 0 radical (unpaired) electrons. The third kappa shape index (κ3) is 3.11. The van der Waals surface area contributed by atoms with E-state index in [9.17, 15) is 0 Å². The molecule has 2 unspecified atom stereocenters. The van der Waals surface area contributed by atoms with Gasteiger partial charge in [-0.3, -0.25) is 0 Å². The van der Waals surface area contributed by atoms with E-state index in [-0.39, 0.29) is 0 Å². The normalized spacial score (nSPS) is 24.4. The second-order valence-corrected chi connectivity index (χ2v) is 4.84. The van der Waals surface area contributed by atoms with Crippen LogP contribution in [0.2, 0.25) is 0 Å². The highest BCUT2D eigenvalue weighted by molar-refractivity contribution is 5.50. The van der Waals surface area contributed by atoms with Gasteiger partial charge >= 0.3 is 0 Å². The van der Waals surface area contributed by atoms with Crippen molar-refractivity contribution < 1.29 is 4.74 Å². The van der Waals surface area contributed by atoms with Gasteiger partial charge in [-0.2, -0.15) is 0 Å². The fourth-order valence-electron chi connectivity index (χ4n) is 2.65. The third-order valence-electron chi connectivity index (χ3n) is 3.69. The summed E-state index contributed by atoms with van der Waals surface area (Å²) in [7, 11) is 1.69. The zero-order valence-electron chi connectivity index (χ0n) is 10.8. The first-order valence-electron chi connectivity index (χ1n) is 6.59. The number of ether oxygens (including phenoxy) is 1. The molecular formula is C14H22N2O. The molecule has 0 amide bonds. The summed E-state index contributed by atoms with van der Waals surface area (Å²) in [5.74, 6) is 2.60. The molecule has 0 saturated heterocycles. The minimum absolute atomic E-state index is 0.553. The van der Waals surface area contributed by atoms with E-state index in [0.717, 1.165) is 17.5 Å². The number of nitrogens with one attached hydrogen (secondary N) is 1. The molecule has 2 rings (SSSR count). The number of anilines is 1. The van der Waals surface area contributed by atoms with Gasteiger partial charge in [0.15, 0.2) is 11.6 Å². The van der Waals surface area contributed by atoms with E-state index in [2.05, 4.69) is 17.2 Å². The van der Waals surface area contributed by atoms with Crippen LogP contribution in [0.5, 0.6) is 5.75 Å². The molecule has 0 bridgehead atoms. The van der Waals surface area contributed by atoms with Crippen molar-refractivity contribution in [2.45, 2.75) is 45.1 Å². The van der Waals surface area contributed by atoms with Gasteiger partial charge in [0.25, 0.3) is 0 Å². The Morgan fingerprint density at radius 3 is 3.12 bits per heavy atom. The molecule has 3 heteroatoms. The van der Waals surface area contributed by atoms with Gasteiger partial charge in [0.05, 0.1) is 7.11 Å². The maximum absolute atomic E-state index is 5.32. The summed E-state index contributed by atoms with van der Waals surface area (Å²) in [6.07, 6.45) is 8.31. The Labute approximate surface area is 104 Å². The van der Waals surface area contributed by atoms with Crippen LogP contribution in [0.15, 0.2) is 18.3 Å². The molecule has 1 fully saturated rings. The molecule has 94 valence electrons. The maximum Gasteiger partial charge on any atom is 0.168 e. The van der Waals surface area contributed by atoms with E-state index >= 15 is 0 Å². The average molecular weight is 234 g/mol. The van der Waals surface area contributed by atoms with Crippen molar-refractivity contribution in [1.29, 1.82) is 0 Å². The summed E-state index contributed by atoms with van der Waals surface area (Å²) in [6.45, 7) is 2.29. The summed E-state index contributed by atoms with van der Waals surface area (Å²) < 4.78 is 5.32. The predicted octanol–water partition coefficient (Wildman–Crippen LogP) is 3.47. The molecule has 1 aromatic heterocycles. The minimum atomic E-state index is 0.553. The van der Waals surface area contributed by atoms with Crippen molar-refractivity contribution in [2.24, 2.45) is 5.92 Å². The van der Waals surface area contributed by atoms with Gasteiger partial charge in [-0.05, 0) is 30.9 Å². The topological polar surface area (TPSA) is 34.2 Å². The minimum Gasteiger partial charge on any atom is -0.493 e. The highest BCUT2D eigenvalue weighted by atomic mass is 16.5. The Morgan fingerprint density at radius 1 is 1.47 bits per heavy atom. The fraction of sp³-hybridized carbons (Fsp3) is 0.643. The number of pyridine rings is 1. The summed E-state index contributed by atoms with van der Waals surface area (Å²) in [6, 6.07) is 4.41. The van der Waals surface area contributed by atoms with Crippen LogP contribution < -0.4 is 10.1 Å². The lowest BCUT2D eigenvalue weighted by molar-refractivity contribution is 0.326. The summed E-state index contributed by atoms with van der Waals surface area (Å²) in [4.78, 5) is 4.36. The van der Waals surface area contributed by atoms with E-state index in [1.165, 1.54) is 32.1 Å². The molecular weight excluding hydrogens is 212 g/mol. The van der Waals surface area contributed by atoms with Gasteiger partial charge in [0.2, 0.25) is 0 Å². The Kier molecular flexibility index (Phi) is 4.24. The highest BCUT2D eigenvalue weighted by Crippen LogP contribution is 2.30. The first-order chi connectivity index (χ1) is 8.33. The standard InChI is InChI=1S/C14H22N2O/c1-3-11-6-4-7-12(10-11)16-14-13(17-2)8-5-9-15-14/h5,8-9,11-12H,3-4,6-7,10H2,1-2H3,(H,15,16). The third-order valence-corrected chi connectivity index (χ3v) is 3.69. The van der Waals surface area contributed by atoms with Crippen LogP contribution in [-0.4, -0.2) is 18.1 Å². The number of nitrogens with zero attached hydrogens (tertiary/aromatic N) is 1. The molecule has 1 N–H and O–H groups in total. The van der Waals surface area contributed by atoms with E-state index in [1.54, 1.807) is 7.11 Å². The van der Waals surface area contributed by atoms with Gasteiger partial charge in [0, 0.05) is 12.2 Å². The largest absolute Gasteiger partial charge is 0.493 e. The molecule has 1 aliphatic rings. The Bertz CT molecular complexity index is 354. The number of methoxy groups -OCH3 is 1. The van der Waals surface area contributed by atoms with Crippen LogP contribution in [0.4, 0.5) is 5.82 Å². The highest BCUT2D eigenvalue weighted by Gasteiger charge is 2.21. The SMILES string of the molecule is CCC1CCCC(Nc2ncccc2OC)C1. The van der Waals surface area contributed by atoms with E-state index in [4.69, 9.17) is 4.74 Å². The van der Waals surface area contributed by atoms with Crippen molar-refractivity contribution in [3.8, 4) is 5.75 Å². The van der Waals surface area contributed by atoms with Crippen molar-refractivity contribution in [1.82, 2.24) is 4.98 Å². The molecule has 0 spiro atoms. The Hall–Kier alpha value is -1.25. The zero-order chi connectivity index (χ0) is 12.1.